The topological polar surface area (TPSA) is 32.3 Å². The number of carbonyl (C=O) groups is 1. The molecule has 0 aromatic carbocycles. The van der Waals surface area contributed by atoms with Crippen LogP contribution in [0.2, 0.25) is 0 Å². The second-order valence-corrected chi connectivity index (χ2v) is 7.14. The first-order chi connectivity index (χ1) is 8.97. The number of nitrogens with one attached hydrogen (secondary N) is 1. The quantitative estimate of drug-likeness (QED) is 0.848. The van der Waals surface area contributed by atoms with Gasteiger partial charge in [-0.15, -0.1) is 0 Å². The van der Waals surface area contributed by atoms with Gasteiger partial charge in [-0.05, 0) is 31.1 Å². The molecule has 1 aliphatic heterocycles. The molecule has 3 heteroatoms. The Morgan fingerprint density at radius 3 is 2.32 bits per heavy atom. The third-order valence-electron chi connectivity index (χ3n) is 4.92. The molecule has 3 nitrogen and oxygen atoms in total. The summed E-state index contributed by atoms with van der Waals surface area (Å²) in [7, 11) is 0. The van der Waals surface area contributed by atoms with Gasteiger partial charge in [-0.2, -0.15) is 0 Å². The van der Waals surface area contributed by atoms with E-state index >= 15 is 0 Å². The summed E-state index contributed by atoms with van der Waals surface area (Å²) >= 11 is 0. The summed E-state index contributed by atoms with van der Waals surface area (Å²) in [4.78, 5) is 14.6. The molecule has 2 fully saturated rings. The van der Waals surface area contributed by atoms with Crippen molar-refractivity contribution in [2.75, 3.05) is 13.1 Å². The number of carbonyl (C=O) groups excluding carboxylic acids is 1. The van der Waals surface area contributed by atoms with Crippen molar-refractivity contribution in [1.82, 2.24) is 10.2 Å². The Morgan fingerprint density at radius 2 is 1.84 bits per heavy atom. The van der Waals surface area contributed by atoms with E-state index in [9.17, 15) is 4.79 Å². The molecule has 2 atom stereocenters. The molecule has 19 heavy (non-hydrogen) atoms. The minimum absolute atomic E-state index is 0.0941. The van der Waals surface area contributed by atoms with Crippen LogP contribution < -0.4 is 5.32 Å². The lowest BCUT2D eigenvalue weighted by Gasteiger charge is -2.46. The molecule has 0 bridgehead atoms. The van der Waals surface area contributed by atoms with Crippen LogP contribution >= 0.6 is 0 Å². The third kappa shape index (κ3) is 3.71. The Kier molecular flexibility index (Phi) is 4.88. The largest absolute Gasteiger partial charge is 0.352 e. The molecular formula is C16H30N2O. The zero-order valence-corrected chi connectivity index (χ0v) is 13.0. The zero-order valence-electron chi connectivity index (χ0n) is 13.0. The van der Waals surface area contributed by atoms with Crippen LogP contribution in [-0.4, -0.2) is 36.0 Å². The van der Waals surface area contributed by atoms with Crippen molar-refractivity contribution in [2.45, 2.75) is 65.5 Å². The Labute approximate surface area is 118 Å². The lowest BCUT2D eigenvalue weighted by Crippen LogP contribution is -2.56. The van der Waals surface area contributed by atoms with E-state index in [1.165, 1.54) is 25.8 Å². The monoisotopic (exact) mass is 266 g/mol. The van der Waals surface area contributed by atoms with Crippen molar-refractivity contribution in [3.8, 4) is 0 Å². The first-order valence-electron chi connectivity index (χ1n) is 8.01. The van der Waals surface area contributed by atoms with Gasteiger partial charge in [-0.3, -0.25) is 9.69 Å². The molecule has 2 rings (SSSR count). The van der Waals surface area contributed by atoms with E-state index in [4.69, 9.17) is 0 Å². The van der Waals surface area contributed by atoms with Crippen molar-refractivity contribution in [1.29, 1.82) is 0 Å². The number of amides is 1. The summed E-state index contributed by atoms with van der Waals surface area (Å²) in [6, 6.07) is 1.15. The number of nitrogens with zero attached hydrogens (tertiary/aromatic N) is 1. The minimum Gasteiger partial charge on any atom is -0.352 e. The molecule has 1 N–H and O–H groups in total. The van der Waals surface area contributed by atoms with Crippen molar-refractivity contribution < 1.29 is 4.79 Å². The van der Waals surface area contributed by atoms with E-state index in [0.29, 0.717) is 12.0 Å². The fourth-order valence-corrected chi connectivity index (χ4v) is 3.18. The SMILES string of the molecule is CC(C)C(=O)NC1CC(C(C)C)CN(C2CCC2)C1. The highest BCUT2D eigenvalue weighted by Crippen LogP contribution is 2.31. The minimum atomic E-state index is 0.0941. The highest BCUT2D eigenvalue weighted by Gasteiger charge is 2.35. The number of likely N-dealkylation sites (tertiary alicyclic amines) is 1. The first-order valence-corrected chi connectivity index (χ1v) is 8.01. The van der Waals surface area contributed by atoms with Crippen molar-refractivity contribution in [2.24, 2.45) is 17.8 Å². The maximum Gasteiger partial charge on any atom is 0.222 e. The van der Waals surface area contributed by atoms with Gasteiger partial charge in [0, 0.05) is 31.1 Å². The van der Waals surface area contributed by atoms with Gasteiger partial charge in [-0.1, -0.05) is 34.1 Å². The molecular weight excluding hydrogens is 236 g/mol. The van der Waals surface area contributed by atoms with Crippen molar-refractivity contribution in [3.05, 3.63) is 0 Å². The van der Waals surface area contributed by atoms with Gasteiger partial charge < -0.3 is 5.32 Å². The predicted octanol–water partition coefficient (Wildman–Crippen LogP) is 2.66. The van der Waals surface area contributed by atoms with Crippen LogP contribution in [-0.2, 0) is 4.79 Å². The van der Waals surface area contributed by atoms with E-state index in [-0.39, 0.29) is 11.8 Å². The maximum atomic E-state index is 11.9. The van der Waals surface area contributed by atoms with Crippen LogP contribution in [0.1, 0.15) is 53.4 Å². The Bertz CT molecular complexity index is 310. The van der Waals surface area contributed by atoms with Crippen LogP contribution in [0.4, 0.5) is 0 Å². The van der Waals surface area contributed by atoms with Crippen LogP contribution in [0.25, 0.3) is 0 Å². The van der Waals surface area contributed by atoms with Gasteiger partial charge in [-0.25, -0.2) is 0 Å². The zero-order chi connectivity index (χ0) is 14.0. The molecule has 1 aliphatic carbocycles. The van der Waals surface area contributed by atoms with Crippen molar-refractivity contribution in [3.63, 3.8) is 0 Å². The molecule has 1 heterocycles. The van der Waals surface area contributed by atoms with Crippen LogP contribution in [0.5, 0.6) is 0 Å². The predicted molar refractivity (Wildman–Crippen MR) is 78.9 cm³/mol. The number of hydrogen-bond acceptors (Lipinski definition) is 2. The molecule has 0 aromatic heterocycles. The number of rotatable bonds is 4. The molecule has 2 unspecified atom stereocenters. The summed E-state index contributed by atoms with van der Waals surface area (Å²) in [5, 5.41) is 3.26. The molecule has 1 saturated carbocycles. The number of hydrogen-bond donors (Lipinski definition) is 1. The third-order valence-corrected chi connectivity index (χ3v) is 4.92. The van der Waals surface area contributed by atoms with Crippen LogP contribution in [0, 0.1) is 17.8 Å². The lowest BCUT2D eigenvalue weighted by molar-refractivity contribution is -0.125. The Balaban J connectivity index is 1.95. The van der Waals surface area contributed by atoms with Gasteiger partial charge >= 0.3 is 0 Å². The van der Waals surface area contributed by atoms with Crippen LogP contribution in [0.15, 0.2) is 0 Å². The van der Waals surface area contributed by atoms with Gasteiger partial charge in [0.05, 0.1) is 0 Å². The summed E-state index contributed by atoms with van der Waals surface area (Å²) < 4.78 is 0. The van der Waals surface area contributed by atoms with E-state index in [2.05, 4.69) is 24.1 Å². The highest BCUT2D eigenvalue weighted by atomic mass is 16.1. The van der Waals surface area contributed by atoms with Gasteiger partial charge in [0.25, 0.3) is 0 Å². The Morgan fingerprint density at radius 1 is 1.16 bits per heavy atom. The average molecular weight is 266 g/mol. The fraction of sp³-hybridized carbons (Fsp3) is 0.938. The van der Waals surface area contributed by atoms with E-state index in [1.54, 1.807) is 0 Å². The lowest BCUT2D eigenvalue weighted by atomic mass is 9.82. The second kappa shape index (κ2) is 6.25. The fourth-order valence-electron chi connectivity index (χ4n) is 3.18. The molecule has 1 amide bonds. The van der Waals surface area contributed by atoms with Crippen LogP contribution in [0.3, 0.4) is 0 Å². The number of piperidine rings is 1. The van der Waals surface area contributed by atoms with E-state index < -0.39 is 0 Å². The maximum absolute atomic E-state index is 11.9. The summed E-state index contributed by atoms with van der Waals surface area (Å²) in [5.74, 6) is 1.74. The molecule has 0 radical (unpaired) electrons. The standard InChI is InChI=1S/C16H30N2O/c1-11(2)13-8-14(17-16(19)12(3)4)10-18(9-13)15-6-5-7-15/h11-15H,5-10H2,1-4H3,(H,17,19). The van der Waals surface area contributed by atoms with Gasteiger partial charge in [0.15, 0.2) is 0 Å². The normalized spacial score (nSPS) is 29.6. The summed E-state index contributed by atoms with van der Waals surface area (Å²) in [6.45, 7) is 10.9. The van der Waals surface area contributed by atoms with Gasteiger partial charge in [0.2, 0.25) is 5.91 Å². The second-order valence-electron chi connectivity index (χ2n) is 7.14. The summed E-state index contributed by atoms with van der Waals surface area (Å²) in [6.07, 6.45) is 5.25. The first kappa shape index (κ1) is 14.8. The molecule has 2 aliphatic rings. The molecule has 0 spiro atoms. The highest BCUT2D eigenvalue weighted by molar-refractivity contribution is 5.78. The summed E-state index contributed by atoms with van der Waals surface area (Å²) in [5.41, 5.74) is 0. The van der Waals surface area contributed by atoms with Crippen molar-refractivity contribution >= 4 is 5.91 Å². The van der Waals surface area contributed by atoms with Gasteiger partial charge in [0.1, 0.15) is 0 Å². The molecule has 1 saturated heterocycles. The smallest absolute Gasteiger partial charge is 0.222 e. The van der Waals surface area contributed by atoms with E-state index in [0.717, 1.165) is 24.9 Å². The molecule has 0 aromatic rings. The average Bonchev–Trinajstić information content (AvgIpc) is 2.25. The Hall–Kier alpha value is -0.570. The van der Waals surface area contributed by atoms with E-state index in [1.807, 2.05) is 13.8 Å². The molecule has 110 valence electrons.